The van der Waals surface area contributed by atoms with Crippen LogP contribution >= 0.6 is 0 Å². The van der Waals surface area contributed by atoms with Crippen LogP contribution in [0, 0.1) is 16.7 Å². The molecule has 2 unspecified atom stereocenters. The van der Waals surface area contributed by atoms with Crippen LogP contribution in [0.25, 0.3) is 0 Å². The molecule has 0 aliphatic rings. The Hall–Kier alpha value is -1.10. The fourth-order valence-electron chi connectivity index (χ4n) is 2.06. The normalized spacial score (nSPS) is 15.9. The van der Waals surface area contributed by atoms with Gasteiger partial charge >= 0.3 is 11.9 Å². The smallest absolute Gasteiger partial charge is 0.311 e. The van der Waals surface area contributed by atoms with E-state index in [1.54, 1.807) is 0 Å². The summed E-state index contributed by atoms with van der Waals surface area (Å²) < 4.78 is 10.7. The van der Waals surface area contributed by atoms with Crippen molar-refractivity contribution < 1.29 is 19.1 Å². The Morgan fingerprint density at radius 1 is 1.09 bits per heavy atom. The van der Waals surface area contributed by atoms with E-state index >= 15 is 0 Å². The van der Waals surface area contributed by atoms with Crippen LogP contribution in [-0.2, 0) is 19.1 Å². The molecule has 0 amide bonds. The van der Waals surface area contributed by atoms with Crippen LogP contribution < -0.4 is 0 Å². The second-order valence-corrected chi connectivity index (χ2v) is 8.13. The molecule has 0 aliphatic carbocycles. The molecule has 0 N–H and O–H groups in total. The van der Waals surface area contributed by atoms with Gasteiger partial charge in [-0.15, -0.1) is 0 Å². The highest BCUT2D eigenvalue weighted by molar-refractivity contribution is 5.78. The average molecular weight is 329 g/mol. The largest absolute Gasteiger partial charge is 0.465 e. The Morgan fingerprint density at radius 2 is 1.65 bits per heavy atom. The Bertz CT molecular complexity index is 387. The van der Waals surface area contributed by atoms with E-state index in [2.05, 4.69) is 0 Å². The number of hydrogen-bond donors (Lipinski definition) is 0. The summed E-state index contributed by atoms with van der Waals surface area (Å²) in [5.74, 6) is -0.817. The van der Waals surface area contributed by atoms with Crippen molar-refractivity contribution >= 4 is 11.9 Å². The number of esters is 2. The highest BCUT2D eigenvalue weighted by Gasteiger charge is 2.37. The van der Waals surface area contributed by atoms with Crippen molar-refractivity contribution in [2.24, 2.45) is 16.7 Å². The summed E-state index contributed by atoms with van der Waals surface area (Å²) in [7, 11) is 3.85. The molecule has 0 heterocycles. The quantitative estimate of drug-likeness (QED) is 0.608. The highest BCUT2D eigenvalue weighted by atomic mass is 16.5. The van der Waals surface area contributed by atoms with Crippen molar-refractivity contribution in [3.05, 3.63) is 0 Å². The van der Waals surface area contributed by atoms with Gasteiger partial charge in [0.25, 0.3) is 0 Å². The molecule has 5 nitrogen and oxygen atoms in total. The van der Waals surface area contributed by atoms with Crippen LogP contribution in [0.4, 0.5) is 0 Å². The van der Waals surface area contributed by atoms with Crippen LogP contribution in [0.3, 0.4) is 0 Å². The lowest BCUT2D eigenvalue weighted by molar-refractivity contribution is -0.161. The molecule has 0 bridgehead atoms. The van der Waals surface area contributed by atoms with E-state index in [4.69, 9.17) is 9.47 Å². The van der Waals surface area contributed by atoms with Crippen molar-refractivity contribution in [3.8, 4) is 0 Å². The molecule has 0 radical (unpaired) electrons. The Balaban J connectivity index is 4.58. The Labute approximate surface area is 141 Å². The van der Waals surface area contributed by atoms with Crippen LogP contribution in [0.15, 0.2) is 0 Å². The van der Waals surface area contributed by atoms with Crippen molar-refractivity contribution in [2.45, 2.75) is 54.4 Å². The summed E-state index contributed by atoms with van der Waals surface area (Å²) in [6, 6.07) is 0. The van der Waals surface area contributed by atoms with Gasteiger partial charge in [0.15, 0.2) is 0 Å². The zero-order valence-electron chi connectivity index (χ0n) is 16.2. The van der Waals surface area contributed by atoms with Gasteiger partial charge in [0.05, 0.1) is 17.9 Å². The molecule has 0 aromatic heterocycles. The molecule has 0 rings (SSSR count). The second-order valence-electron chi connectivity index (χ2n) is 8.13. The van der Waals surface area contributed by atoms with Gasteiger partial charge in [0, 0.05) is 6.54 Å². The zero-order valence-corrected chi connectivity index (χ0v) is 16.2. The van der Waals surface area contributed by atoms with Gasteiger partial charge in [-0.05, 0) is 39.3 Å². The van der Waals surface area contributed by atoms with Crippen LogP contribution in [-0.4, -0.2) is 50.7 Å². The van der Waals surface area contributed by atoms with E-state index in [-0.39, 0.29) is 23.3 Å². The predicted octanol–water partition coefficient (Wildman–Crippen LogP) is 3.12. The van der Waals surface area contributed by atoms with E-state index < -0.39 is 5.41 Å². The topological polar surface area (TPSA) is 55.8 Å². The average Bonchev–Trinajstić information content (AvgIpc) is 2.42. The standard InChI is InChI=1S/C18H35NO4/c1-9-18(6,16(21)23-13-17(3,4)5)12-14(2)15(20)22-11-10-19(7)8/h14H,9-13H2,1-8H3. The lowest BCUT2D eigenvalue weighted by atomic mass is 9.79. The summed E-state index contributed by atoms with van der Waals surface area (Å²) in [6.45, 7) is 13.1. The highest BCUT2D eigenvalue weighted by Crippen LogP contribution is 2.32. The Kier molecular flexibility index (Phi) is 8.82. The number of ether oxygens (including phenoxy) is 2. The van der Waals surface area contributed by atoms with Crippen LogP contribution in [0.5, 0.6) is 0 Å². The molecule has 5 heteroatoms. The van der Waals surface area contributed by atoms with Crippen molar-refractivity contribution in [1.29, 1.82) is 0 Å². The van der Waals surface area contributed by atoms with Crippen LogP contribution in [0.2, 0.25) is 0 Å². The van der Waals surface area contributed by atoms with Gasteiger partial charge in [0.2, 0.25) is 0 Å². The van der Waals surface area contributed by atoms with Gasteiger partial charge in [0.1, 0.15) is 6.61 Å². The summed E-state index contributed by atoms with van der Waals surface area (Å²) in [5, 5.41) is 0. The number of nitrogens with zero attached hydrogens (tertiary/aromatic N) is 1. The number of likely N-dealkylation sites (N-methyl/N-ethyl adjacent to an activating group) is 1. The van der Waals surface area contributed by atoms with E-state index in [9.17, 15) is 9.59 Å². The first-order valence-electron chi connectivity index (χ1n) is 8.40. The predicted molar refractivity (Wildman–Crippen MR) is 92.1 cm³/mol. The number of carbonyl (C=O) groups excluding carboxylic acids is 2. The summed E-state index contributed by atoms with van der Waals surface area (Å²) >= 11 is 0. The van der Waals surface area contributed by atoms with Crippen molar-refractivity contribution in [3.63, 3.8) is 0 Å². The second kappa shape index (κ2) is 9.26. The SMILES string of the molecule is CCC(C)(CC(C)C(=O)OCCN(C)C)C(=O)OCC(C)(C)C. The number of hydrogen-bond acceptors (Lipinski definition) is 5. The molecule has 0 spiro atoms. The maximum atomic E-state index is 12.4. The molecule has 2 atom stereocenters. The molecular formula is C18H35NO4. The Morgan fingerprint density at radius 3 is 2.09 bits per heavy atom. The minimum Gasteiger partial charge on any atom is -0.465 e. The first-order valence-corrected chi connectivity index (χ1v) is 8.40. The van der Waals surface area contributed by atoms with Crippen molar-refractivity contribution in [2.75, 3.05) is 33.9 Å². The maximum absolute atomic E-state index is 12.4. The van der Waals surface area contributed by atoms with Crippen LogP contribution in [0.1, 0.15) is 54.4 Å². The zero-order chi connectivity index (χ0) is 18.3. The van der Waals surface area contributed by atoms with Gasteiger partial charge in [-0.3, -0.25) is 9.59 Å². The molecule has 0 saturated heterocycles. The summed E-state index contributed by atoms with van der Waals surface area (Å²) in [6.07, 6.45) is 1.07. The molecule has 0 aromatic rings. The first-order chi connectivity index (χ1) is 10.4. The molecule has 0 aromatic carbocycles. The monoisotopic (exact) mass is 329 g/mol. The first kappa shape index (κ1) is 21.9. The van der Waals surface area contributed by atoms with Gasteiger partial charge in [-0.25, -0.2) is 0 Å². The third kappa shape index (κ3) is 8.94. The number of rotatable bonds is 9. The fraction of sp³-hybridized carbons (Fsp3) is 0.889. The molecule has 23 heavy (non-hydrogen) atoms. The summed E-state index contributed by atoms with van der Waals surface area (Å²) in [4.78, 5) is 26.4. The maximum Gasteiger partial charge on any atom is 0.311 e. The minimum absolute atomic E-state index is 0.0684. The number of carbonyl (C=O) groups is 2. The van der Waals surface area contributed by atoms with E-state index in [0.29, 0.717) is 32.6 Å². The van der Waals surface area contributed by atoms with E-state index in [1.165, 1.54) is 0 Å². The fourth-order valence-corrected chi connectivity index (χ4v) is 2.06. The lowest BCUT2D eigenvalue weighted by Crippen LogP contribution is -2.35. The van der Waals surface area contributed by atoms with Gasteiger partial charge < -0.3 is 14.4 Å². The van der Waals surface area contributed by atoms with Crippen molar-refractivity contribution in [1.82, 2.24) is 4.90 Å². The van der Waals surface area contributed by atoms with E-state index in [1.807, 2.05) is 60.5 Å². The van der Waals surface area contributed by atoms with E-state index in [0.717, 1.165) is 0 Å². The molecule has 0 saturated carbocycles. The molecule has 0 fully saturated rings. The van der Waals surface area contributed by atoms with Gasteiger partial charge in [-0.2, -0.15) is 0 Å². The lowest BCUT2D eigenvalue weighted by Gasteiger charge is -2.30. The third-order valence-corrected chi connectivity index (χ3v) is 3.85. The third-order valence-electron chi connectivity index (χ3n) is 3.85. The summed E-state index contributed by atoms with van der Waals surface area (Å²) in [5.41, 5.74) is -0.730. The minimum atomic E-state index is -0.661. The molecule has 0 aliphatic heterocycles. The van der Waals surface area contributed by atoms with Gasteiger partial charge in [-0.1, -0.05) is 34.6 Å². The molecule has 136 valence electrons. The molecular weight excluding hydrogens is 294 g/mol.